The molecule has 1 aromatic carbocycles. The van der Waals surface area contributed by atoms with Gasteiger partial charge < -0.3 is 20.7 Å². The molecule has 2 heterocycles. The highest BCUT2D eigenvalue weighted by molar-refractivity contribution is 5.94. The number of nitrogens with zero attached hydrogens (tertiary/aromatic N) is 2. The molecule has 7 nitrogen and oxygen atoms in total. The van der Waals surface area contributed by atoms with Gasteiger partial charge in [0.05, 0.1) is 17.8 Å². The maximum atomic E-state index is 13.2. The topological polar surface area (TPSA) is 97.5 Å². The Labute approximate surface area is 166 Å². The predicted octanol–water partition coefficient (Wildman–Crippen LogP) is 2.47. The van der Waals surface area contributed by atoms with Gasteiger partial charge in [-0.05, 0) is 44.0 Å². The van der Waals surface area contributed by atoms with Gasteiger partial charge in [0.2, 0.25) is 5.91 Å². The van der Waals surface area contributed by atoms with Gasteiger partial charge in [-0.2, -0.15) is 0 Å². The second kappa shape index (κ2) is 8.85. The molecule has 1 aliphatic rings. The van der Waals surface area contributed by atoms with Crippen molar-refractivity contribution in [3.05, 3.63) is 48.2 Å². The molecule has 154 valence electrons. The molecule has 2 amide bonds. The highest BCUT2D eigenvalue weighted by Crippen LogP contribution is 2.23. The summed E-state index contributed by atoms with van der Waals surface area (Å²) in [5.41, 5.74) is 5.86. The Morgan fingerprint density at radius 3 is 2.72 bits per heavy atom. The molecule has 3 rings (SSSR count). The van der Waals surface area contributed by atoms with E-state index in [9.17, 15) is 18.4 Å². The number of pyridine rings is 1. The number of primary amides is 1. The molecule has 9 heteroatoms. The summed E-state index contributed by atoms with van der Waals surface area (Å²) in [6, 6.07) is 6.50. The highest BCUT2D eigenvalue weighted by atomic mass is 19.2. The van der Waals surface area contributed by atoms with E-state index in [4.69, 9.17) is 10.5 Å². The molecule has 0 radical (unpaired) electrons. The van der Waals surface area contributed by atoms with Gasteiger partial charge in [-0.25, -0.2) is 13.8 Å². The van der Waals surface area contributed by atoms with E-state index in [1.807, 2.05) is 4.90 Å². The summed E-state index contributed by atoms with van der Waals surface area (Å²) in [7, 11) is 0. The third-order valence-corrected chi connectivity index (χ3v) is 4.74. The third-order valence-electron chi connectivity index (χ3n) is 4.74. The molecule has 1 saturated heterocycles. The van der Waals surface area contributed by atoms with Gasteiger partial charge in [-0.3, -0.25) is 9.59 Å². The van der Waals surface area contributed by atoms with Crippen molar-refractivity contribution in [1.29, 1.82) is 0 Å². The van der Waals surface area contributed by atoms with E-state index in [1.165, 1.54) is 19.2 Å². The van der Waals surface area contributed by atoms with Gasteiger partial charge in [0.1, 0.15) is 11.6 Å². The molecule has 29 heavy (non-hydrogen) atoms. The zero-order valence-corrected chi connectivity index (χ0v) is 15.9. The van der Waals surface area contributed by atoms with E-state index in [0.717, 1.165) is 31.5 Å². The van der Waals surface area contributed by atoms with Gasteiger partial charge in [0, 0.05) is 19.2 Å². The Balaban J connectivity index is 1.57. The smallest absolute Gasteiger partial charge is 0.265 e. The molecule has 1 aliphatic heterocycles. The maximum absolute atomic E-state index is 13.2. The normalized spacial score (nSPS) is 17.5. The number of amides is 2. The van der Waals surface area contributed by atoms with Crippen molar-refractivity contribution >= 4 is 23.3 Å². The summed E-state index contributed by atoms with van der Waals surface area (Å²) in [6.07, 6.45) is 2.20. The number of piperidine rings is 1. The molecule has 0 saturated carbocycles. The van der Waals surface area contributed by atoms with Crippen molar-refractivity contribution < 1.29 is 23.1 Å². The van der Waals surface area contributed by atoms with Crippen LogP contribution in [-0.4, -0.2) is 36.0 Å². The van der Waals surface area contributed by atoms with Crippen LogP contribution in [0.4, 0.5) is 20.3 Å². The summed E-state index contributed by atoms with van der Waals surface area (Å²) in [6.45, 7) is 2.80. The van der Waals surface area contributed by atoms with Crippen LogP contribution in [0.5, 0.6) is 5.75 Å². The Bertz CT molecular complexity index is 892. The van der Waals surface area contributed by atoms with Gasteiger partial charge in [0.15, 0.2) is 17.7 Å². The maximum Gasteiger partial charge on any atom is 0.265 e. The van der Waals surface area contributed by atoms with Crippen LogP contribution in [-0.2, 0) is 9.59 Å². The number of ether oxygens (including phenoxy) is 1. The lowest BCUT2D eigenvalue weighted by Gasteiger charge is -2.32. The minimum atomic E-state index is -1.05. The number of anilines is 2. The third kappa shape index (κ3) is 5.18. The first kappa shape index (κ1) is 20.5. The average Bonchev–Trinajstić information content (AvgIpc) is 2.71. The average molecular weight is 404 g/mol. The quantitative estimate of drug-likeness (QED) is 0.771. The standard InChI is InChI=1S/C20H22F2N4O3/c1-12(29-15-5-6-16(21)17(22)9-15)20(28)25-14-4-7-18(24-10-14)26-8-2-3-13(11-26)19(23)27/h4-7,9-10,12-13H,2-3,8,11H2,1H3,(H2,23,27)(H,25,28). The molecular formula is C20H22F2N4O3. The summed E-state index contributed by atoms with van der Waals surface area (Å²) >= 11 is 0. The molecule has 1 fully saturated rings. The monoisotopic (exact) mass is 404 g/mol. The van der Waals surface area contributed by atoms with Crippen molar-refractivity contribution in [3.63, 3.8) is 0 Å². The first-order valence-electron chi connectivity index (χ1n) is 9.26. The minimum Gasteiger partial charge on any atom is -0.481 e. The van der Waals surface area contributed by atoms with Crippen LogP contribution in [0, 0.1) is 17.6 Å². The lowest BCUT2D eigenvalue weighted by Crippen LogP contribution is -2.41. The van der Waals surface area contributed by atoms with Gasteiger partial charge in [0.25, 0.3) is 5.91 Å². The summed E-state index contributed by atoms with van der Waals surface area (Å²) in [5.74, 6) is -2.26. The van der Waals surface area contributed by atoms with Crippen LogP contribution in [0.1, 0.15) is 19.8 Å². The van der Waals surface area contributed by atoms with E-state index in [-0.39, 0.29) is 17.6 Å². The summed E-state index contributed by atoms with van der Waals surface area (Å²) in [5, 5.41) is 2.66. The molecule has 2 atom stereocenters. The van der Waals surface area contributed by atoms with Crippen molar-refractivity contribution in [2.75, 3.05) is 23.3 Å². The highest BCUT2D eigenvalue weighted by Gasteiger charge is 2.24. The zero-order valence-electron chi connectivity index (χ0n) is 15.9. The Morgan fingerprint density at radius 2 is 2.07 bits per heavy atom. The number of halogens is 2. The molecule has 2 unspecified atom stereocenters. The van der Waals surface area contributed by atoms with E-state index in [1.54, 1.807) is 12.1 Å². The number of carbonyl (C=O) groups is 2. The Morgan fingerprint density at radius 1 is 1.28 bits per heavy atom. The predicted molar refractivity (Wildman–Crippen MR) is 103 cm³/mol. The number of benzene rings is 1. The lowest BCUT2D eigenvalue weighted by molar-refractivity contribution is -0.122. The number of carbonyl (C=O) groups excluding carboxylic acids is 2. The van der Waals surface area contributed by atoms with Crippen molar-refractivity contribution in [1.82, 2.24) is 4.98 Å². The molecule has 0 aliphatic carbocycles. The van der Waals surface area contributed by atoms with Crippen molar-refractivity contribution in [2.45, 2.75) is 25.9 Å². The van der Waals surface area contributed by atoms with E-state index >= 15 is 0 Å². The van der Waals surface area contributed by atoms with Crippen LogP contribution in [0.15, 0.2) is 36.5 Å². The number of hydrogen-bond acceptors (Lipinski definition) is 5. The van der Waals surface area contributed by atoms with Crippen LogP contribution in [0.3, 0.4) is 0 Å². The largest absolute Gasteiger partial charge is 0.481 e. The van der Waals surface area contributed by atoms with Crippen LogP contribution in [0.2, 0.25) is 0 Å². The molecular weight excluding hydrogens is 382 g/mol. The Kier molecular flexibility index (Phi) is 6.26. The lowest BCUT2D eigenvalue weighted by atomic mass is 9.97. The first-order chi connectivity index (χ1) is 13.8. The van der Waals surface area contributed by atoms with E-state index in [0.29, 0.717) is 18.1 Å². The molecule has 0 bridgehead atoms. The first-order valence-corrected chi connectivity index (χ1v) is 9.26. The number of rotatable bonds is 6. The Hall–Kier alpha value is -3.23. The fraction of sp³-hybridized carbons (Fsp3) is 0.350. The van der Waals surface area contributed by atoms with Crippen LogP contribution >= 0.6 is 0 Å². The van der Waals surface area contributed by atoms with Crippen molar-refractivity contribution in [3.8, 4) is 5.75 Å². The minimum absolute atomic E-state index is 0.0501. The number of nitrogens with one attached hydrogen (secondary N) is 1. The van der Waals surface area contributed by atoms with E-state index < -0.39 is 23.6 Å². The van der Waals surface area contributed by atoms with Crippen LogP contribution in [0.25, 0.3) is 0 Å². The number of nitrogens with two attached hydrogens (primary N) is 1. The molecule has 3 N–H and O–H groups in total. The summed E-state index contributed by atoms with van der Waals surface area (Å²) < 4.78 is 31.6. The van der Waals surface area contributed by atoms with Gasteiger partial charge in [-0.1, -0.05) is 0 Å². The van der Waals surface area contributed by atoms with Gasteiger partial charge >= 0.3 is 0 Å². The fourth-order valence-electron chi connectivity index (χ4n) is 3.12. The molecule has 0 spiro atoms. The number of hydrogen-bond donors (Lipinski definition) is 2. The fourth-order valence-corrected chi connectivity index (χ4v) is 3.12. The summed E-state index contributed by atoms with van der Waals surface area (Å²) in [4.78, 5) is 30.0. The SMILES string of the molecule is CC(Oc1ccc(F)c(F)c1)C(=O)Nc1ccc(N2CCCC(C(N)=O)C2)nc1. The molecule has 2 aromatic rings. The molecule has 1 aromatic heterocycles. The number of aromatic nitrogens is 1. The second-order valence-electron chi connectivity index (χ2n) is 6.92. The second-order valence-corrected chi connectivity index (χ2v) is 6.92. The van der Waals surface area contributed by atoms with Gasteiger partial charge in [-0.15, -0.1) is 0 Å². The van der Waals surface area contributed by atoms with Crippen molar-refractivity contribution in [2.24, 2.45) is 11.7 Å². The zero-order chi connectivity index (χ0) is 21.0. The van der Waals surface area contributed by atoms with E-state index in [2.05, 4.69) is 10.3 Å². The van der Waals surface area contributed by atoms with Crippen LogP contribution < -0.4 is 20.7 Å².